The Balaban J connectivity index is 2.41. The summed E-state index contributed by atoms with van der Waals surface area (Å²) in [5.74, 6) is -0.693. The fourth-order valence-electron chi connectivity index (χ4n) is 8.09. The van der Waals surface area contributed by atoms with Crippen molar-refractivity contribution >= 4 is 5.91 Å². The van der Waals surface area contributed by atoms with Crippen LogP contribution in [-0.4, -0.2) is 110 Å². The van der Waals surface area contributed by atoms with Crippen molar-refractivity contribution in [2.24, 2.45) is 0 Å². The number of carbonyl (C=O) groups excluding carboxylic acids is 1. The average Bonchev–Trinajstić information content (AvgIpc) is 3.22. The Morgan fingerprint density at radius 2 is 0.897 bits per heavy atom. The molecule has 0 aromatic carbocycles. The number of hydrogen-bond donors (Lipinski definition) is 8. The second kappa shape index (κ2) is 37.8. The summed E-state index contributed by atoms with van der Waals surface area (Å²) in [4.78, 5) is 13.1. The number of unbranched alkanes of at least 4 members (excludes halogenated alkanes) is 29. The van der Waals surface area contributed by atoms with E-state index in [2.05, 4.69) is 19.2 Å². The summed E-state index contributed by atoms with van der Waals surface area (Å²) in [6, 6.07) is -1.16. The van der Waals surface area contributed by atoms with Gasteiger partial charge in [0, 0.05) is 0 Å². The monoisotopic (exact) mass is 832 g/mol. The number of hydrogen-bond acceptors (Lipinski definition) is 10. The fourth-order valence-corrected chi connectivity index (χ4v) is 8.09. The minimum atomic E-state index is -1.66. The number of rotatable bonds is 41. The molecule has 0 aromatic heterocycles. The Morgan fingerprint density at radius 3 is 1.28 bits per heavy atom. The van der Waals surface area contributed by atoms with Crippen LogP contribution in [-0.2, 0) is 14.3 Å². The number of carbonyl (C=O) groups is 1. The maximum absolute atomic E-state index is 13.1. The second-order valence-corrected chi connectivity index (χ2v) is 17.5. The van der Waals surface area contributed by atoms with Gasteiger partial charge in [-0.1, -0.05) is 213 Å². The highest BCUT2D eigenvalue weighted by atomic mass is 16.7. The summed E-state index contributed by atoms with van der Waals surface area (Å²) in [6.45, 7) is 3.46. The van der Waals surface area contributed by atoms with Gasteiger partial charge >= 0.3 is 0 Å². The molecule has 58 heavy (non-hydrogen) atoms. The van der Waals surface area contributed by atoms with Crippen molar-refractivity contribution in [2.45, 2.75) is 281 Å². The van der Waals surface area contributed by atoms with Gasteiger partial charge in [-0.3, -0.25) is 4.79 Å². The molecule has 9 atom stereocenters. The minimum Gasteiger partial charge on any atom is -0.394 e. The maximum atomic E-state index is 13.1. The lowest BCUT2D eigenvalue weighted by Gasteiger charge is -2.40. The van der Waals surface area contributed by atoms with E-state index in [9.17, 15) is 40.5 Å². The summed E-state index contributed by atoms with van der Waals surface area (Å²) in [6.07, 6.45) is 27.1. The lowest BCUT2D eigenvalue weighted by Crippen LogP contribution is -2.60. The number of ether oxygens (including phenoxy) is 2. The van der Waals surface area contributed by atoms with E-state index in [-0.39, 0.29) is 6.42 Å². The van der Waals surface area contributed by atoms with Crippen molar-refractivity contribution in [3.63, 3.8) is 0 Å². The Kier molecular flexibility index (Phi) is 36.0. The molecule has 1 heterocycles. The van der Waals surface area contributed by atoms with Crippen LogP contribution < -0.4 is 5.32 Å². The first-order valence-corrected chi connectivity index (χ1v) is 24.4. The summed E-state index contributed by atoms with van der Waals surface area (Å²) >= 11 is 0. The van der Waals surface area contributed by atoms with Crippen LogP contribution in [0.3, 0.4) is 0 Å². The molecule has 11 heteroatoms. The van der Waals surface area contributed by atoms with E-state index in [0.717, 1.165) is 38.5 Å². The molecular formula is C47H93NO10. The molecule has 1 fully saturated rings. The molecular weight excluding hydrogens is 739 g/mol. The quantitative estimate of drug-likeness (QED) is 0.0279. The standard InChI is InChI=1S/C47H93NO10/c1-3-5-7-9-11-13-15-17-19-20-21-23-25-27-29-31-33-35-40(51)46(56)48-38(37-57-47-45(55)44(54)43(53)41(36-49)58-47)42(52)39(50)34-32-30-28-26-24-22-18-16-14-12-10-8-6-4-2/h38-45,47,49-55H,3-37H2,1-2H3,(H,48,56). The summed E-state index contributed by atoms with van der Waals surface area (Å²) < 4.78 is 11.1. The molecule has 0 aliphatic carbocycles. The molecule has 9 unspecified atom stereocenters. The van der Waals surface area contributed by atoms with E-state index in [1.165, 1.54) is 148 Å². The zero-order valence-corrected chi connectivity index (χ0v) is 37.3. The van der Waals surface area contributed by atoms with Gasteiger partial charge in [-0.2, -0.15) is 0 Å². The van der Waals surface area contributed by atoms with Crippen LogP contribution >= 0.6 is 0 Å². The molecule has 346 valence electrons. The SMILES string of the molecule is CCCCCCCCCCCCCCCCCCCC(O)C(=O)NC(COC1OC(CO)C(O)C(O)C1O)C(O)C(O)CCCCCCCCCCCCCCCC. The molecule has 0 radical (unpaired) electrons. The van der Waals surface area contributed by atoms with Crippen molar-refractivity contribution in [2.75, 3.05) is 13.2 Å². The van der Waals surface area contributed by atoms with Gasteiger partial charge in [-0.15, -0.1) is 0 Å². The first kappa shape index (κ1) is 55.1. The summed E-state index contributed by atoms with van der Waals surface area (Å²) in [5.41, 5.74) is 0. The van der Waals surface area contributed by atoms with Crippen molar-refractivity contribution < 1.29 is 50.0 Å². The average molecular weight is 832 g/mol. The van der Waals surface area contributed by atoms with Crippen LogP contribution in [0, 0.1) is 0 Å². The van der Waals surface area contributed by atoms with Crippen LogP contribution in [0.2, 0.25) is 0 Å². The van der Waals surface area contributed by atoms with Crippen LogP contribution in [0.5, 0.6) is 0 Å². The third-order valence-electron chi connectivity index (χ3n) is 12.2. The molecule has 0 bridgehead atoms. The van der Waals surface area contributed by atoms with Gasteiger partial charge in [0.25, 0.3) is 0 Å². The summed E-state index contributed by atoms with van der Waals surface area (Å²) in [5, 5.41) is 75.7. The topological polar surface area (TPSA) is 189 Å². The zero-order valence-electron chi connectivity index (χ0n) is 37.3. The van der Waals surface area contributed by atoms with Gasteiger partial charge in [0.05, 0.1) is 25.4 Å². The first-order valence-electron chi connectivity index (χ1n) is 24.4. The summed E-state index contributed by atoms with van der Waals surface area (Å²) in [7, 11) is 0. The molecule has 0 spiro atoms. The highest BCUT2D eigenvalue weighted by Gasteiger charge is 2.44. The molecule has 1 amide bonds. The van der Waals surface area contributed by atoms with Crippen LogP contribution in [0.25, 0.3) is 0 Å². The van der Waals surface area contributed by atoms with Gasteiger partial charge < -0.3 is 50.5 Å². The van der Waals surface area contributed by atoms with Gasteiger partial charge in [-0.25, -0.2) is 0 Å². The van der Waals surface area contributed by atoms with E-state index < -0.39 is 74.2 Å². The van der Waals surface area contributed by atoms with Gasteiger partial charge in [0.1, 0.15) is 36.6 Å². The van der Waals surface area contributed by atoms with E-state index >= 15 is 0 Å². The van der Waals surface area contributed by atoms with Crippen molar-refractivity contribution in [1.82, 2.24) is 5.32 Å². The lowest BCUT2D eigenvalue weighted by molar-refractivity contribution is -0.303. The van der Waals surface area contributed by atoms with E-state index in [4.69, 9.17) is 9.47 Å². The third-order valence-corrected chi connectivity index (χ3v) is 12.2. The zero-order chi connectivity index (χ0) is 42.6. The molecule has 0 aromatic rings. The van der Waals surface area contributed by atoms with E-state index in [0.29, 0.717) is 19.3 Å². The van der Waals surface area contributed by atoms with Crippen LogP contribution in [0.4, 0.5) is 0 Å². The molecule has 1 aliphatic rings. The Hall–Kier alpha value is -0.890. The normalized spacial score (nSPS) is 21.8. The second-order valence-electron chi connectivity index (χ2n) is 17.5. The van der Waals surface area contributed by atoms with Crippen molar-refractivity contribution in [1.29, 1.82) is 0 Å². The molecule has 1 aliphatic heterocycles. The molecule has 8 N–H and O–H groups in total. The Morgan fingerprint density at radius 1 is 0.534 bits per heavy atom. The highest BCUT2D eigenvalue weighted by Crippen LogP contribution is 2.23. The number of aliphatic hydroxyl groups is 7. The van der Waals surface area contributed by atoms with E-state index in [1.54, 1.807) is 0 Å². The van der Waals surface area contributed by atoms with Crippen molar-refractivity contribution in [3.8, 4) is 0 Å². The smallest absolute Gasteiger partial charge is 0.249 e. The lowest BCUT2D eigenvalue weighted by atomic mass is 9.98. The molecule has 1 rings (SSSR count). The molecule has 11 nitrogen and oxygen atoms in total. The van der Waals surface area contributed by atoms with E-state index in [1.807, 2.05) is 0 Å². The minimum absolute atomic E-state index is 0.266. The van der Waals surface area contributed by atoms with Crippen molar-refractivity contribution in [3.05, 3.63) is 0 Å². The number of nitrogens with one attached hydrogen (secondary N) is 1. The molecule has 0 saturated carbocycles. The van der Waals surface area contributed by atoms with Gasteiger partial charge in [0.2, 0.25) is 5.91 Å². The van der Waals surface area contributed by atoms with Gasteiger partial charge in [0.15, 0.2) is 6.29 Å². The van der Waals surface area contributed by atoms with Gasteiger partial charge in [-0.05, 0) is 12.8 Å². The van der Waals surface area contributed by atoms with Crippen LogP contribution in [0.1, 0.15) is 226 Å². The Bertz CT molecular complexity index is 913. The highest BCUT2D eigenvalue weighted by molar-refractivity contribution is 5.80. The Labute approximate surface area is 354 Å². The largest absolute Gasteiger partial charge is 0.394 e. The fraction of sp³-hybridized carbons (Fsp3) is 0.979. The predicted octanol–water partition coefficient (Wildman–Crippen LogP) is 8.28. The third kappa shape index (κ3) is 27.1. The predicted molar refractivity (Wildman–Crippen MR) is 233 cm³/mol. The maximum Gasteiger partial charge on any atom is 0.249 e. The number of aliphatic hydroxyl groups excluding tert-OH is 7. The van der Waals surface area contributed by atoms with Crippen LogP contribution in [0.15, 0.2) is 0 Å². The number of amides is 1. The molecule has 1 saturated heterocycles. The first-order chi connectivity index (χ1) is 28.2.